The second-order valence-electron chi connectivity index (χ2n) is 4.47. The zero-order valence-electron chi connectivity index (χ0n) is 12.3. The molecule has 0 aliphatic carbocycles. The van der Waals surface area contributed by atoms with Gasteiger partial charge in [0, 0.05) is 16.7 Å². The molecule has 0 amide bonds. The highest BCUT2D eigenvalue weighted by molar-refractivity contribution is 6.30. The number of rotatable bonds is 6. The summed E-state index contributed by atoms with van der Waals surface area (Å²) in [6.45, 7) is 0. The third kappa shape index (κ3) is 3.96. The average molecular weight is 351 g/mol. The number of methoxy groups -OCH3 is 1. The smallest absolute Gasteiger partial charge is 0.301 e. The van der Waals surface area contributed by atoms with Gasteiger partial charge in [-0.3, -0.25) is 25.7 Å². The molecule has 0 saturated carbocycles. The van der Waals surface area contributed by atoms with Gasteiger partial charge in [-0.15, -0.1) is 0 Å². The van der Waals surface area contributed by atoms with E-state index in [1.165, 1.54) is 19.4 Å². The van der Waals surface area contributed by atoms with Gasteiger partial charge in [0.25, 0.3) is 5.69 Å². The second-order valence-corrected chi connectivity index (χ2v) is 4.91. The quantitative estimate of drug-likeness (QED) is 0.482. The summed E-state index contributed by atoms with van der Waals surface area (Å²) in [5, 5.41) is 26.1. The highest BCUT2D eigenvalue weighted by Gasteiger charge is 2.19. The van der Waals surface area contributed by atoms with Crippen molar-refractivity contribution in [3.8, 4) is 5.75 Å². The van der Waals surface area contributed by atoms with Crippen molar-refractivity contribution in [2.45, 2.75) is 0 Å². The highest BCUT2D eigenvalue weighted by Crippen LogP contribution is 2.29. The maximum Gasteiger partial charge on any atom is 0.301 e. The third-order valence-corrected chi connectivity index (χ3v) is 3.20. The standard InChI is InChI=1S/C14H11ClN4O5/c1-24-14-5-2-10(15)6-9(14)8-16-17-12-4-3-11(18(20)21)7-13(12)19(22)23/h2-8,17H,1H3/b16-8+. The van der Waals surface area contributed by atoms with Crippen molar-refractivity contribution in [3.05, 3.63) is 67.2 Å². The summed E-state index contributed by atoms with van der Waals surface area (Å²) in [5.41, 5.74) is 2.22. The van der Waals surface area contributed by atoms with Crippen LogP contribution in [0.1, 0.15) is 5.56 Å². The first-order valence-electron chi connectivity index (χ1n) is 6.48. The van der Waals surface area contributed by atoms with E-state index in [0.29, 0.717) is 16.3 Å². The van der Waals surface area contributed by atoms with E-state index in [0.717, 1.165) is 12.1 Å². The molecule has 0 heterocycles. The van der Waals surface area contributed by atoms with E-state index in [1.54, 1.807) is 18.2 Å². The molecule has 2 aromatic carbocycles. The Morgan fingerprint density at radius 2 is 1.92 bits per heavy atom. The number of nitrogens with zero attached hydrogens (tertiary/aromatic N) is 3. The normalized spacial score (nSPS) is 10.6. The van der Waals surface area contributed by atoms with E-state index in [9.17, 15) is 20.2 Å². The fraction of sp³-hybridized carbons (Fsp3) is 0.0714. The van der Waals surface area contributed by atoms with Crippen molar-refractivity contribution < 1.29 is 14.6 Å². The van der Waals surface area contributed by atoms with Crippen molar-refractivity contribution in [1.29, 1.82) is 0 Å². The molecule has 0 saturated heterocycles. The molecular formula is C14H11ClN4O5. The van der Waals surface area contributed by atoms with Gasteiger partial charge in [0.1, 0.15) is 11.4 Å². The van der Waals surface area contributed by atoms with Crippen LogP contribution in [0.15, 0.2) is 41.5 Å². The number of non-ortho nitro benzene ring substituents is 1. The van der Waals surface area contributed by atoms with Crippen LogP contribution >= 0.6 is 11.6 Å². The Hall–Kier alpha value is -3.20. The number of ether oxygens (including phenoxy) is 1. The molecule has 24 heavy (non-hydrogen) atoms. The predicted octanol–water partition coefficient (Wildman–Crippen LogP) is 3.61. The molecule has 0 unspecified atom stereocenters. The van der Waals surface area contributed by atoms with Crippen LogP contribution in [0.3, 0.4) is 0 Å². The lowest BCUT2D eigenvalue weighted by molar-refractivity contribution is -0.393. The minimum Gasteiger partial charge on any atom is -0.496 e. The number of hydrazone groups is 1. The number of anilines is 1. The number of hydrogen-bond acceptors (Lipinski definition) is 7. The van der Waals surface area contributed by atoms with Gasteiger partial charge in [0.05, 0.1) is 29.2 Å². The molecule has 0 fully saturated rings. The molecule has 10 heteroatoms. The molecule has 1 N–H and O–H groups in total. The summed E-state index contributed by atoms with van der Waals surface area (Å²) in [5.74, 6) is 0.517. The molecule has 9 nitrogen and oxygen atoms in total. The lowest BCUT2D eigenvalue weighted by atomic mass is 10.2. The number of benzene rings is 2. The van der Waals surface area contributed by atoms with Gasteiger partial charge >= 0.3 is 5.69 Å². The molecule has 0 aromatic heterocycles. The maximum absolute atomic E-state index is 11.0. The van der Waals surface area contributed by atoms with Crippen LogP contribution in [0.4, 0.5) is 17.1 Å². The lowest BCUT2D eigenvalue weighted by Gasteiger charge is -2.05. The number of nitro benzene ring substituents is 2. The van der Waals surface area contributed by atoms with Crippen LogP contribution in [0, 0.1) is 20.2 Å². The summed E-state index contributed by atoms with van der Waals surface area (Å²) >= 11 is 5.89. The van der Waals surface area contributed by atoms with Gasteiger partial charge < -0.3 is 4.74 Å². The van der Waals surface area contributed by atoms with E-state index in [1.807, 2.05) is 0 Å². The van der Waals surface area contributed by atoms with Gasteiger partial charge in [-0.1, -0.05) is 11.6 Å². The molecule has 124 valence electrons. The van der Waals surface area contributed by atoms with Crippen molar-refractivity contribution in [3.63, 3.8) is 0 Å². The molecule has 0 atom stereocenters. The molecule has 2 aromatic rings. The van der Waals surface area contributed by atoms with Gasteiger partial charge in [-0.05, 0) is 24.3 Å². The van der Waals surface area contributed by atoms with E-state index in [-0.39, 0.29) is 11.4 Å². The molecule has 2 rings (SSSR count). The third-order valence-electron chi connectivity index (χ3n) is 2.97. The topological polar surface area (TPSA) is 120 Å². The molecule has 0 spiro atoms. The second kappa shape index (κ2) is 7.38. The fourth-order valence-corrected chi connectivity index (χ4v) is 2.04. The van der Waals surface area contributed by atoms with E-state index in [2.05, 4.69) is 10.5 Å². The fourth-order valence-electron chi connectivity index (χ4n) is 1.86. The molecular weight excluding hydrogens is 340 g/mol. The minimum atomic E-state index is -0.731. The first-order chi connectivity index (χ1) is 11.4. The lowest BCUT2D eigenvalue weighted by Crippen LogP contribution is -1.99. The number of halogens is 1. The van der Waals surface area contributed by atoms with E-state index < -0.39 is 15.5 Å². The summed E-state index contributed by atoms with van der Waals surface area (Å²) in [6.07, 6.45) is 1.37. The highest BCUT2D eigenvalue weighted by atomic mass is 35.5. The zero-order chi connectivity index (χ0) is 17.7. The predicted molar refractivity (Wildman–Crippen MR) is 89.0 cm³/mol. The Bertz CT molecular complexity index is 825. The van der Waals surface area contributed by atoms with Crippen LogP contribution in [0.5, 0.6) is 5.75 Å². The molecule has 0 radical (unpaired) electrons. The van der Waals surface area contributed by atoms with Crippen molar-refractivity contribution in [2.75, 3.05) is 12.5 Å². The van der Waals surface area contributed by atoms with Crippen LogP contribution in [-0.4, -0.2) is 23.2 Å². The van der Waals surface area contributed by atoms with E-state index in [4.69, 9.17) is 16.3 Å². The maximum atomic E-state index is 11.0. The van der Waals surface area contributed by atoms with Gasteiger partial charge in [0.15, 0.2) is 0 Å². The Morgan fingerprint density at radius 3 is 2.54 bits per heavy atom. The summed E-state index contributed by atoms with van der Waals surface area (Å²) in [4.78, 5) is 20.3. The van der Waals surface area contributed by atoms with E-state index >= 15 is 0 Å². The van der Waals surface area contributed by atoms with Crippen LogP contribution in [-0.2, 0) is 0 Å². The van der Waals surface area contributed by atoms with Crippen molar-refractivity contribution >= 4 is 34.9 Å². The largest absolute Gasteiger partial charge is 0.496 e. The summed E-state index contributed by atoms with van der Waals surface area (Å²) < 4.78 is 5.15. The number of nitro groups is 2. The minimum absolute atomic E-state index is 0.0165. The number of nitrogens with one attached hydrogen (secondary N) is 1. The molecule has 0 aliphatic heterocycles. The van der Waals surface area contributed by atoms with Crippen LogP contribution < -0.4 is 10.2 Å². The monoisotopic (exact) mass is 350 g/mol. The molecule has 0 aliphatic rings. The zero-order valence-corrected chi connectivity index (χ0v) is 13.1. The first kappa shape index (κ1) is 17.2. The Balaban J connectivity index is 2.27. The summed E-state index contributed by atoms with van der Waals surface area (Å²) in [7, 11) is 1.48. The van der Waals surface area contributed by atoms with Crippen molar-refractivity contribution in [1.82, 2.24) is 0 Å². The molecule has 0 bridgehead atoms. The summed E-state index contributed by atoms with van der Waals surface area (Å²) in [6, 6.07) is 8.12. The number of hydrogen-bond donors (Lipinski definition) is 1. The SMILES string of the molecule is COc1ccc(Cl)cc1/C=N/Nc1ccc([N+](=O)[O-])cc1[N+](=O)[O-]. The Morgan fingerprint density at radius 1 is 1.17 bits per heavy atom. The van der Waals surface area contributed by atoms with Gasteiger partial charge in [0.2, 0.25) is 0 Å². The first-order valence-corrected chi connectivity index (χ1v) is 6.85. The Labute approximate surface area is 140 Å². The Kier molecular flexibility index (Phi) is 5.27. The van der Waals surface area contributed by atoms with Crippen LogP contribution in [0.25, 0.3) is 0 Å². The van der Waals surface area contributed by atoms with Gasteiger partial charge in [-0.25, -0.2) is 0 Å². The van der Waals surface area contributed by atoms with Crippen LogP contribution in [0.2, 0.25) is 5.02 Å². The van der Waals surface area contributed by atoms with Gasteiger partial charge in [-0.2, -0.15) is 5.10 Å². The average Bonchev–Trinajstić information content (AvgIpc) is 2.55. The van der Waals surface area contributed by atoms with Crippen molar-refractivity contribution in [2.24, 2.45) is 5.10 Å².